The van der Waals surface area contributed by atoms with Gasteiger partial charge in [-0.05, 0) is 26.0 Å². The fourth-order valence-electron chi connectivity index (χ4n) is 1.44. The van der Waals surface area contributed by atoms with Gasteiger partial charge in [0.25, 0.3) is 0 Å². The zero-order valence-electron chi connectivity index (χ0n) is 10.8. The van der Waals surface area contributed by atoms with Crippen LogP contribution in [0.25, 0.3) is 0 Å². The molecule has 2 N–H and O–H groups in total. The summed E-state index contributed by atoms with van der Waals surface area (Å²) in [5.41, 5.74) is -0.829. The molecule has 0 saturated heterocycles. The van der Waals surface area contributed by atoms with Crippen LogP contribution in [0.2, 0.25) is 0 Å². The average molecular weight is 298 g/mol. The quantitative estimate of drug-likeness (QED) is 0.906. The van der Waals surface area contributed by atoms with Crippen LogP contribution in [-0.4, -0.2) is 16.1 Å². The number of rotatable bonds is 4. The van der Waals surface area contributed by atoms with Crippen LogP contribution in [0.15, 0.2) is 23.6 Å². The fraction of sp³-hybridized carbons (Fsp3) is 0.231. The number of nitrogens with one attached hydrogen (secondary N) is 1. The maximum Gasteiger partial charge on any atom is 0.315 e. The number of carbonyl (C=O) groups is 1. The molecule has 0 aliphatic heterocycles. The Hall–Kier alpha value is -2.02. The van der Waals surface area contributed by atoms with Crippen LogP contribution in [0, 0.1) is 11.6 Å². The highest BCUT2D eigenvalue weighted by Crippen LogP contribution is 2.29. The summed E-state index contributed by atoms with van der Waals surface area (Å²) in [5.74, 6) is -2.19. The first kappa shape index (κ1) is 14.4. The van der Waals surface area contributed by atoms with Gasteiger partial charge in [-0.3, -0.25) is 4.79 Å². The highest BCUT2D eigenvalue weighted by Gasteiger charge is 2.32. The number of anilines is 2. The third-order valence-electron chi connectivity index (χ3n) is 2.85. The van der Waals surface area contributed by atoms with Gasteiger partial charge in [-0.25, -0.2) is 13.8 Å². The Bertz CT molecular complexity index is 656. The molecule has 0 bridgehead atoms. The minimum Gasteiger partial charge on any atom is -0.481 e. The second-order valence-corrected chi connectivity index (χ2v) is 5.58. The van der Waals surface area contributed by atoms with Crippen molar-refractivity contribution in [2.45, 2.75) is 19.3 Å². The number of carboxylic acids is 1. The first-order valence-electron chi connectivity index (χ1n) is 5.72. The van der Waals surface area contributed by atoms with Gasteiger partial charge in [0.1, 0.15) is 17.0 Å². The Morgan fingerprint density at radius 1 is 1.40 bits per heavy atom. The van der Waals surface area contributed by atoms with E-state index < -0.39 is 23.0 Å². The Kier molecular flexibility index (Phi) is 3.71. The lowest BCUT2D eigenvalue weighted by Gasteiger charge is -2.15. The van der Waals surface area contributed by atoms with E-state index in [1.165, 1.54) is 13.8 Å². The normalized spacial score (nSPS) is 11.4. The Morgan fingerprint density at radius 3 is 2.75 bits per heavy atom. The molecule has 1 heterocycles. The molecule has 0 saturated carbocycles. The number of aromatic nitrogens is 1. The molecule has 106 valence electrons. The van der Waals surface area contributed by atoms with E-state index in [9.17, 15) is 13.6 Å². The van der Waals surface area contributed by atoms with Gasteiger partial charge < -0.3 is 10.4 Å². The van der Waals surface area contributed by atoms with Crippen LogP contribution in [0.1, 0.15) is 19.5 Å². The average Bonchev–Trinajstić information content (AvgIpc) is 2.83. The topological polar surface area (TPSA) is 62.2 Å². The highest BCUT2D eigenvalue weighted by molar-refractivity contribution is 7.13. The second-order valence-electron chi connectivity index (χ2n) is 4.72. The molecule has 2 rings (SSSR count). The molecule has 0 aliphatic rings. The van der Waals surface area contributed by atoms with E-state index in [1.54, 1.807) is 5.38 Å². The van der Waals surface area contributed by atoms with Crippen molar-refractivity contribution in [2.24, 2.45) is 0 Å². The second kappa shape index (κ2) is 5.16. The lowest BCUT2D eigenvalue weighted by Crippen LogP contribution is -2.28. The van der Waals surface area contributed by atoms with Crippen LogP contribution >= 0.6 is 11.3 Å². The molecule has 2 aromatic rings. The molecule has 7 heteroatoms. The number of thiazole rings is 1. The molecule has 1 aromatic carbocycles. The molecule has 0 amide bonds. The largest absolute Gasteiger partial charge is 0.481 e. The molecular weight excluding hydrogens is 286 g/mol. The number of benzene rings is 1. The van der Waals surface area contributed by atoms with Crippen LogP contribution in [0.5, 0.6) is 0 Å². The summed E-state index contributed by atoms with van der Waals surface area (Å²) >= 11 is 1.13. The molecule has 0 radical (unpaired) electrons. The molecule has 0 fully saturated rings. The number of hydrogen-bond donors (Lipinski definition) is 2. The number of nitrogens with zero attached hydrogens (tertiary/aromatic N) is 1. The fourth-order valence-corrected chi connectivity index (χ4v) is 2.33. The van der Waals surface area contributed by atoms with Gasteiger partial charge in [0.15, 0.2) is 5.13 Å². The summed E-state index contributed by atoms with van der Waals surface area (Å²) in [7, 11) is 0. The van der Waals surface area contributed by atoms with Gasteiger partial charge >= 0.3 is 5.97 Å². The number of aliphatic carboxylic acids is 1. The Labute approximate surface area is 118 Å². The third kappa shape index (κ3) is 2.77. The molecule has 0 aliphatic carbocycles. The van der Waals surface area contributed by atoms with Crippen molar-refractivity contribution < 1.29 is 18.7 Å². The first-order chi connectivity index (χ1) is 9.30. The van der Waals surface area contributed by atoms with Crippen molar-refractivity contribution in [3.8, 4) is 0 Å². The zero-order chi connectivity index (χ0) is 14.9. The van der Waals surface area contributed by atoms with Gasteiger partial charge in [-0.1, -0.05) is 0 Å². The van der Waals surface area contributed by atoms with Crippen LogP contribution in [0.3, 0.4) is 0 Å². The summed E-state index contributed by atoms with van der Waals surface area (Å²) in [5, 5.41) is 13.6. The first-order valence-corrected chi connectivity index (χ1v) is 6.60. The summed E-state index contributed by atoms with van der Waals surface area (Å²) < 4.78 is 26.5. The lowest BCUT2D eigenvalue weighted by atomic mass is 9.90. The van der Waals surface area contributed by atoms with Gasteiger partial charge in [0.2, 0.25) is 0 Å². The smallest absolute Gasteiger partial charge is 0.315 e. The van der Waals surface area contributed by atoms with Crippen LogP contribution in [0.4, 0.5) is 19.6 Å². The number of carboxylic acid groups (broad SMARTS) is 1. The van der Waals surface area contributed by atoms with Crippen molar-refractivity contribution in [2.75, 3.05) is 5.32 Å². The molecule has 20 heavy (non-hydrogen) atoms. The number of hydrogen-bond acceptors (Lipinski definition) is 4. The standard InChI is InChI=1S/C13H12F2N2O2S/c1-13(2,11(18)19)10-6-20-12(17-10)16-9-5-7(14)3-4-8(9)15/h3-6H,1-2H3,(H,16,17)(H,18,19). The van der Waals surface area contributed by atoms with E-state index in [0.29, 0.717) is 10.8 Å². The van der Waals surface area contributed by atoms with E-state index in [-0.39, 0.29) is 5.69 Å². The molecule has 1 aromatic heterocycles. The Morgan fingerprint density at radius 2 is 2.10 bits per heavy atom. The lowest BCUT2D eigenvalue weighted by molar-refractivity contribution is -0.142. The third-order valence-corrected chi connectivity index (χ3v) is 3.61. The molecule has 0 atom stereocenters. The van der Waals surface area contributed by atoms with Crippen molar-refractivity contribution in [1.82, 2.24) is 4.98 Å². The minimum atomic E-state index is -1.14. The predicted molar refractivity (Wildman–Crippen MR) is 72.4 cm³/mol. The van der Waals surface area contributed by atoms with E-state index in [0.717, 1.165) is 29.5 Å². The molecule has 0 spiro atoms. The van der Waals surface area contributed by atoms with Gasteiger partial charge in [0, 0.05) is 11.4 Å². The van der Waals surface area contributed by atoms with Gasteiger partial charge in [-0.2, -0.15) is 0 Å². The summed E-state index contributed by atoms with van der Waals surface area (Å²) in [6.07, 6.45) is 0. The van der Waals surface area contributed by atoms with Gasteiger partial charge in [0.05, 0.1) is 11.4 Å². The number of halogens is 2. The van der Waals surface area contributed by atoms with E-state index in [4.69, 9.17) is 5.11 Å². The van der Waals surface area contributed by atoms with E-state index in [2.05, 4.69) is 10.3 Å². The summed E-state index contributed by atoms with van der Waals surface area (Å²) in [4.78, 5) is 15.2. The highest BCUT2D eigenvalue weighted by atomic mass is 32.1. The molecule has 4 nitrogen and oxygen atoms in total. The van der Waals surface area contributed by atoms with Crippen molar-refractivity contribution in [1.29, 1.82) is 0 Å². The van der Waals surface area contributed by atoms with Gasteiger partial charge in [-0.15, -0.1) is 11.3 Å². The Balaban J connectivity index is 2.26. The van der Waals surface area contributed by atoms with Crippen LogP contribution < -0.4 is 5.32 Å². The zero-order valence-corrected chi connectivity index (χ0v) is 11.6. The summed E-state index contributed by atoms with van der Waals surface area (Å²) in [6, 6.07) is 3.04. The predicted octanol–water partition coefficient (Wildman–Crippen LogP) is 3.53. The maximum absolute atomic E-state index is 13.5. The molecule has 0 unspecified atom stereocenters. The van der Waals surface area contributed by atoms with Crippen molar-refractivity contribution in [3.05, 3.63) is 40.9 Å². The van der Waals surface area contributed by atoms with E-state index >= 15 is 0 Å². The SMILES string of the molecule is CC(C)(C(=O)O)c1csc(Nc2cc(F)ccc2F)n1. The maximum atomic E-state index is 13.5. The van der Waals surface area contributed by atoms with Crippen LogP contribution in [-0.2, 0) is 10.2 Å². The molecular formula is C13H12F2N2O2S. The van der Waals surface area contributed by atoms with E-state index in [1.807, 2.05) is 0 Å². The monoisotopic (exact) mass is 298 g/mol. The van der Waals surface area contributed by atoms with Crippen molar-refractivity contribution in [3.63, 3.8) is 0 Å². The minimum absolute atomic E-state index is 0.0426. The van der Waals surface area contributed by atoms with Crippen molar-refractivity contribution >= 4 is 28.1 Å². The summed E-state index contributed by atoms with van der Waals surface area (Å²) in [6.45, 7) is 3.05.